The maximum atomic E-state index is 14.4. The van der Waals surface area contributed by atoms with Crippen molar-refractivity contribution < 1.29 is 52.0 Å². The summed E-state index contributed by atoms with van der Waals surface area (Å²) < 4.78 is 57.2. The number of benzene rings is 2. The van der Waals surface area contributed by atoms with Crippen molar-refractivity contribution in [3.63, 3.8) is 0 Å². The van der Waals surface area contributed by atoms with Gasteiger partial charge in [-0.25, -0.2) is 17.6 Å². The molecule has 35 heavy (non-hydrogen) atoms. The van der Waals surface area contributed by atoms with Gasteiger partial charge in [0.1, 0.15) is 40.4 Å². The number of amides is 3. The van der Waals surface area contributed by atoms with Gasteiger partial charge in [-0.3, -0.25) is 14.4 Å². The predicted octanol–water partition coefficient (Wildman–Crippen LogP) is -2.90. The lowest BCUT2D eigenvalue weighted by atomic mass is 9.79. The van der Waals surface area contributed by atoms with Crippen LogP contribution in [0.5, 0.6) is 0 Å². The van der Waals surface area contributed by atoms with Crippen molar-refractivity contribution >= 4 is 42.9 Å². The fourth-order valence-electron chi connectivity index (χ4n) is 3.74. The summed E-state index contributed by atoms with van der Waals surface area (Å²) in [7, 11) is -4.42. The van der Waals surface area contributed by atoms with Crippen molar-refractivity contribution in [1.82, 2.24) is 10.2 Å². The minimum Gasteiger partial charge on any atom is -0.423 e. The van der Waals surface area contributed by atoms with Gasteiger partial charge < -0.3 is 36.0 Å². The zero-order valence-corrected chi connectivity index (χ0v) is 17.6. The SMILES string of the molecule is NC(=O)[C@@H]1C[C@H](NC(=O)c2c(F)cc(B(O)O)cc2F)CN1C(=O)c1c(F)cc(B(O)O)cc1F. The molecule has 0 bridgehead atoms. The summed E-state index contributed by atoms with van der Waals surface area (Å²) in [4.78, 5) is 37.8. The Morgan fingerprint density at radius 1 is 0.857 bits per heavy atom. The number of nitrogens with zero attached hydrogens (tertiary/aromatic N) is 1. The molecule has 0 aromatic heterocycles. The van der Waals surface area contributed by atoms with Crippen molar-refractivity contribution in [2.75, 3.05) is 6.54 Å². The Balaban J connectivity index is 1.85. The second kappa shape index (κ2) is 10.0. The number of nitrogens with one attached hydrogen (secondary N) is 1. The van der Waals surface area contributed by atoms with E-state index in [-0.39, 0.29) is 6.42 Å². The number of primary amides is 1. The first-order valence-electron chi connectivity index (χ1n) is 9.93. The van der Waals surface area contributed by atoms with E-state index in [1.807, 2.05) is 0 Å². The highest BCUT2D eigenvalue weighted by molar-refractivity contribution is 6.59. The molecular weight excluding hydrogens is 480 g/mol. The molecule has 184 valence electrons. The number of hydrogen-bond donors (Lipinski definition) is 6. The van der Waals surface area contributed by atoms with E-state index in [9.17, 15) is 31.9 Å². The number of hydrogen-bond acceptors (Lipinski definition) is 7. The van der Waals surface area contributed by atoms with Crippen molar-refractivity contribution in [2.24, 2.45) is 5.73 Å². The summed E-state index contributed by atoms with van der Waals surface area (Å²) in [5.41, 5.74) is 1.95. The molecule has 1 heterocycles. The van der Waals surface area contributed by atoms with Crippen LogP contribution in [0.1, 0.15) is 27.1 Å². The minimum absolute atomic E-state index is 0.347. The first-order chi connectivity index (χ1) is 16.3. The molecule has 2 atom stereocenters. The fourth-order valence-corrected chi connectivity index (χ4v) is 3.74. The molecule has 0 aliphatic carbocycles. The monoisotopic (exact) mass is 497 g/mol. The summed E-state index contributed by atoms with van der Waals surface area (Å²) in [6.45, 7) is -0.516. The second-order valence-electron chi connectivity index (χ2n) is 7.75. The molecule has 0 unspecified atom stereocenters. The summed E-state index contributed by atoms with van der Waals surface area (Å²) >= 11 is 0. The van der Waals surface area contributed by atoms with Gasteiger partial charge >= 0.3 is 14.2 Å². The number of nitrogens with two attached hydrogens (primary N) is 1. The molecule has 2 aromatic rings. The van der Waals surface area contributed by atoms with E-state index in [4.69, 9.17) is 25.8 Å². The van der Waals surface area contributed by atoms with Crippen LogP contribution in [0.25, 0.3) is 0 Å². The van der Waals surface area contributed by atoms with Gasteiger partial charge in [0.05, 0.1) is 0 Å². The fraction of sp³-hybridized carbons (Fsp3) is 0.211. The summed E-state index contributed by atoms with van der Waals surface area (Å²) in [6.07, 6.45) is -0.347. The van der Waals surface area contributed by atoms with E-state index in [0.717, 1.165) is 0 Å². The summed E-state index contributed by atoms with van der Waals surface area (Å²) in [5.74, 6) is -9.47. The zero-order valence-electron chi connectivity index (χ0n) is 17.6. The van der Waals surface area contributed by atoms with E-state index in [1.165, 1.54) is 0 Å². The number of rotatable bonds is 6. The average molecular weight is 497 g/mol. The Labute approximate surface area is 195 Å². The highest BCUT2D eigenvalue weighted by atomic mass is 19.1. The molecule has 3 amide bonds. The van der Waals surface area contributed by atoms with Crippen LogP contribution < -0.4 is 22.0 Å². The largest absolute Gasteiger partial charge is 0.488 e. The van der Waals surface area contributed by atoms with Crippen molar-refractivity contribution in [3.05, 3.63) is 58.7 Å². The van der Waals surface area contributed by atoms with E-state index in [0.29, 0.717) is 29.2 Å². The van der Waals surface area contributed by atoms with Crippen molar-refractivity contribution in [1.29, 1.82) is 0 Å². The van der Waals surface area contributed by atoms with Gasteiger partial charge in [-0.05, 0) is 41.6 Å². The minimum atomic E-state index is -2.22. The van der Waals surface area contributed by atoms with Gasteiger partial charge in [-0.15, -0.1) is 0 Å². The molecule has 0 spiro atoms. The Bertz CT molecular complexity index is 1160. The van der Waals surface area contributed by atoms with Crippen molar-refractivity contribution in [2.45, 2.75) is 18.5 Å². The standard InChI is InChI=1S/C19H17B2F4N3O7/c22-10-1-7(20(32)33)2-11(23)15(10)18(30)27-9-5-14(17(26)29)28(6-9)19(31)16-12(24)3-8(21(34)35)4-13(16)25/h1-4,9,14,32-35H,5-6H2,(H2,26,29)(H,27,30)/t9-,14-/m0/s1. The van der Waals surface area contributed by atoms with Gasteiger partial charge in [0, 0.05) is 12.6 Å². The van der Waals surface area contributed by atoms with Gasteiger partial charge in [0.25, 0.3) is 11.8 Å². The topological polar surface area (TPSA) is 173 Å². The quantitative estimate of drug-likeness (QED) is 0.184. The highest BCUT2D eigenvalue weighted by Gasteiger charge is 2.41. The van der Waals surface area contributed by atoms with E-state index < -0.39 is 95.9 Å². The smallest absolute Gasteiger partial charge is 0.423 e. The van der Waals surface area contributed by atoms with Crippen LogP contribution >= 0.6 is 0 Å². The normalized spacial score (nSPS) is 17.3. The lowest BCUT2D eigenvalue weighted by Crippen LogP contribution is -2.45. The lowest BCUT2D eigenvalue weighted by molar-refractivity contribution is -0.121. The van der Waals surface area contributed by atoms with Crippen LogP contribution in [0.15, 0.2) is 24.3 Å². The maximum absolute atomic E-state index is 14.4. The first-order valence-corrected chi connectivity index (χ1v) is 9.93. The molecule has 1 aliphatic rings. The molecule has 1 saturated heterocycles. The molecule has 10 nitrogen and oxygen atoms in total. The average Bonchev–Trinajstić information content (AvgIpc) is 3.16. The highest BCUT2D eigenvalue weighted by Crippen LogP contribution is 2.24. The van der Waals surface area contributed by atoms with Crippen LogP contribution in [-0.2, 0) is 4.79 Å². The second-order valence-corrected chi connectivity index (χ2v) is 7.75. The molecule has 7 N–H and O–H groups in total. The molecule has 1 aliphatic heterocycles. The number of halogens is 4. The summed E-state index contributed by atoms with van der Waals surface area (Å²) in [6, 6.07) is -0.496. The molecule has 0 radical (unpaired) electrons. The molecule has 3 rings (SSSR count). The third-order valence-electron chi connectivity index (χ3n) is 5.39. The van der Waals surface area contributed by atoms with Crippen LogP contribution in [0, 0.1) is 23.3 Å². The van der Waals surface area contributed by atoms with Gasteiger partial charge in [-0.1, -0.05) is 0 Å². The van der Waals surface area contributed by atoms with Crippen molar-refractivity contribution in [3.8, 4) is 0 Å². The molecule has 1 fully saturated rings. The van der Waals surface area contributed by atoms with Crippen LogP contribution in [0.3, 0.4) is 0 Å². The Morgan fingerprint density at radius 3 is 1.69 bits per heavy atom. The Morgan fingerprint density at radius 2 is 1.29 bits per heavy atom. The molecule has 16 heteroatoms. The Hall–Kier alpha value is -3.46. The zero-order chi connectivity index (χ0) is 26.2. The number of carbonyl (C=O) groups is 3. The van der Waals surface area contributed by atoms with E-state index in [1.54, 1.807) is 0 Å². The Kier molecular flexibility index (Phi) is 7.50. The maximum Gasteiger partial charge on any atom is 0.488 e. The van der Waals surface area contributed by atoms with Crippen LogP contribution in [-0.4, -0.2) is 75.6 Å². The third kappa shape index (κ3) is 5.30. The first kappa shape index (κ1) is 26.1. The number of likely N-dealkylation sites (tertiary alicyclic amines) is 1. The number of carbonyl (C=O) groups excluding carboxylic acids is 3. The third-order valence-corrected chi connectivity index (χ3v) is 5.39. The molecule has 0 saturated carbocycles. The van der Waals surface area contributed by atoms with Crippen LogP contribution in [0.4, 0.5) is 17.6 Å². The van der Waals surface area contributed by atoms with Crippen LogP contribution in [0.2, 0.25) is 0 Å². The van der Waals surface area contributed by atoms with E-state index in [2.05, 4.69) is 5.32 Å². The molecule has 2 aromatic carbocycles. The van der Waals surface area contributed by atoms with E-state index >= 15 is 0 Å². The molecular formula is C19H17B2F4N3O7. The van der Waals surface area contributed by atoms with Gasteiger partial charge in [-0.2, -0.15) is 0 Å². The lowest BCUT2D eigenvalue weighted by Gasteiger charge is -2.23. The van der Waals surface area contributed by atoms with Gasteiger partial charge in [0.15, 0.2) is 0 Å². The van der Waals surface area contributed by atoms with Gasteiger partial charge in [0.2, 0.25) is 5.91 Å². The summed E-state index contributed by atoms with van der Waals surface area (Å²) in [5, 5.41) is 38.4. The predicted molar refractivity (Wildman–Crippen MR) is 112 cm³/mol.